The molecule has 0 aliphatic carbocycles. The quantitative estimate of drug-likeness (QED) is 0.150. The molecule has 44 heavy (non-hydrogen) atoms. The van der Waals surface area contributed by atoms with Crippen LogP contribution in [-0.4, -0.2) is 60.8 Å². The molecule has 1 heterocycles. The molecule has 0 amide bonds. The normalized spacial score (nSPS) is 22.8. The van der Waals surface area contributed by atoms with Gasteiger partial charge in [0.25, 0.3) is 0 Å². The van der Waals surface area contributed by atoms with Crippen LogP contribution < -0.4 is 0 Å². The Morgan fingerprint density at radius 3 is 1.66 bits per heavy atom. The van der Waals surface area contributed by atoms with Crippen molar-refractivity contribution in [1.82, 2.24) is 0 Å². The zero-order chi connectivity index (χ0) is 31.4. The molecule has 8 heteroatoms. The summed E-state index contributed by atoms with van der Waals surface area (Å²) >= 11 is 0. The summed E-state index contributed by atoms with van der Waals surface area (Å²) in [5, 5.41) is 0. The molecule has 0 saturated carbocycles. The molecule has 0 spiro atoms. The molecule has 3 aromatic rings. The first-order valence-electron chi connectivity index (χ1n) is 15.6. The van der Waals surface area contributed by atoms with E-state index in [2.05, 4.69) is 80.9 Å². The van der Waals surface area contributed by atoms with Crippen LogP contribution in [0.25, 0.3) is 0 Å². The third kappa shape index (κ3) is 11.2. The Hall–Kier alpha value is -2.41. The van der Waals surface area contributed by atoms with Crippen molar-refractivity contribution in [3.8, 4) is 0 Å². The maximum absolute atomic E-state index is 6.97. The molecule has 0 bridgehead atoms. The van der Waals surface area contributed by atoms with E-state index < -0.39 is 47.1 Å². The van der Waals surface area contributed by atoms with Gasteiger partial charge in [-0.3, -0.25) is 0 Å². The van der Waals surface area contributed by atoms with E-state index in [-0.39, 0.29) is 0 Å². The summed E-state index contributed by atoms with van der Waals surface area (Å²) in [5.41, 5.74) is 5.55. The number of benzene rings is 3. The van der Waals surface area contributed by atoms with Gasteiger partial charge < -0.3 is 28.1 Å². The maximum Gasteiger partial charge on any atom is 0.211 e. The Bertz CT molecular complexity index is 1250. The zero-order valence-corrected chi connectivity index (χ0v) is 29.2. The second-order valence-corrected chi connectivity index (χ2v) is 22.5. The highest BCUT2D eigenvalue weighted by molar-refractivity contribution is 6.78. The molecule has 1 saturated heterocycles. The van der Waals surface area contributed by atoms with Crippen LogP contribution in [0, 0.1) is 0 Å². The predicted octanol–water partition coefficient (Wildman–Crippen LogP) is 7.77. The van der Waals surface area contributed by atoms with Crippen LogP contribution >= 0.6 is 0 Å². The monoisotopic (exact) mass is 634 g/mol. The minimum atomic E-state index is -2.29. The number of ether oxygens (including phenoxy) is 5. The van der Waals surface area contributed by atoms with Gasteiger partial charge >= 0.3 is 0 Å². The van der Waals surface area contributed by atoms with Gasteiger partial charge in [-0.05, 0) is 35.8 Å². The highest BCUT2D eigenvalue weighted by atomic mass is 28.4. The summed E-state index contributed by atoms with van der Waals surface area (Å²) in [6.45, 7) is 13.2. The molecular weight excluding hydrogens is 585 g/mol. The number of methoxy groups -OCH3 is 1. The van der Waals surface area contributed by atoms with Crippen LogP contribution in [-0.2, 0) is 47.9 Å². The molecule has 0 unspecified atom stereocenters. The van der Waals surface area contributed by atoms with E-state index >= 15 is 0 Å². The Kier molecular flexibility index (Phi) is 13.1. The first kappa shape index (κ1) is 34.5. The maximum atomic E-state index is 6.97. The molecule has 6 nitrogen and oxygen atoms in total. The smallest absolute Gasteiger partial charge is 0.211 e. The van der Waals surface area contributed by atoms with Gasteiger partial charge in [0.1, 0.15) is 24.4 Å². The molecule has 1 aliphatic rings. The first-order chi connectivity index (χ1) is 21.1. The van der Waals surface area contributed by atoms with Crippen LogP contribution in [0.3, 0.4) is 0 Å². The fourth-order valence-electron chi connectivity index (χ4n) is 5.21. The summed E-state index contributed by atoms with van der Waals surface area (Å²) in [6.07, 6.45) is -0.169. The average molecular weight is 635 g/mol. The van der Waals surface area contributed by atoms with E-state index in [1.807, 2.05) is 54.6 Å². The van der Waals surface area contributed by atoms with Gasteiger partial charge in [-0.2, -0.15) is 0 Å². The van der Waals surface area contributed by atoms with Gasteiger partial charge in [-0.25, -0.2) is 0 Å². The second-order valence-electron chi connectivity index (χ2n) is 13.2. The Morgan fingerprint density at radius 2 is 1.16 bits per heavy atom. The number of hydrogen-bond acceptors (Lipinski definition) is 6. The largest absolute Gasteiger partial charge is 0.403 e. The molecule has 0 radical (unpaired) electrons. The Morgan fingerprint density at radius 1 is 0.659 bits per heavy atom. The van der Waals surface area contributed by atoms with E-state index in [1.165, 1.54) is 0 Å². The van der Waals surface area contributed by atoms with Crippen molar-refractivity contribution in [2.45, 2.75) is 89.3 Å². The lowest BCUT2D eigenvalue weighted by Gasteiger charge is -2.47. The minimum Gasteiger partial charge on any atom is -0.403 e. The van der Waals surface area contributed by atoms with Gasteiger partial charge in [0.2, 0.25) is 8.32 Å². The molecule has 238 valence electrons. The molecule has 4 rings (SSSR count). The van der Waals surface area contributed by atoms with E-state index in [0.29, 0.717) is 26.4 Å². The fourth-order valence-corrected chi connectivity index (χ4v) is 7.98. The van der Waals surface area contributed by atoms with Crippen LogP contribution in [0.15, 0.2) is 103 Å². The van der Waals surface area contributed by atoms with Crippen molar-refractivity contribution in [3.63, 3.8) is 0 Å². The van der Waals surface area contributed by atoms with Crippen molar-refractivity contribution < 1.29 is 28.1 Å². The van der Waals surface area contributed by atoms with Crippen molar-refractivity contribution in [2.24, 2.45) is 0 Å². The van der Waals surface area contributed by atoms with Crippen LogP contribution in [0.1, 0.15) is 16.7 Å². The summed E-state index contributed by atoms with van der Waals surface area (Å²) in [4.78, 5) is 0. The van der Waals surface area contributed by atoms with Gasteiger partial charge in [0.05, 0.1) is 26.4 Å². The number of hydrogen-bond donors (Lipinski definition) is 0. The lowest BCUT2D eigenvalue weighted by molar-refractivity contribution is -0.309. The highest BCUT2D eigenvalue weighted by Crippen LogP contribution is 2.32. The minimum absolute atomic E-state index is 0.322. The topological polar surface area (TPSA) is 55.4 Å². The molecule has 0 aromatic heterocycles. The van der Waals surface area contributed by atoms with E-state index in [0.717, 1.165) is 22.7 Å². The van der Waals surface area contributed by atoms with Gasteiger partial charge in [-0.15, -0.1) is 0 Å². The van der Waals surface area contributed by atoms with E-state index in [9.17, 15) is 0 Å². The average Bonchev–Trinajstić information content (AvgIpc) is 3.00. The Balaban J connectivity index is 1.61. The number of allylic oxidation sites excluding steroid dienone is 1. The second kappa shape index (κ2) is 16.8. The molecule has 1 aliphatic heterocycles. The molecular formula is C36H50O6Si2. The molecule has 5 atom stereocenters. The van der Waals surface area contributed by atoms with Crippen molar-refractivity contribution in [2.75, 3.05) is 13.7 Å². The molecule has 3 aromatic carbocycles. The Labute approximate surface area is 266 Å². The lowest BCUT2D eigenvalue weighted by Crippen LogP contribution is -2.63. The fraction of sp³-hybridized carbons (Fsp3) is 0.444. The van der Waals surface area contributed by atoms with E-state index in [1.54, 1.807) is 7.11 Å². The van der Waals surface area contributed by atoms with Crippen LogP contribution in [0.4, 0.5) is 0 Å². The summed E-state index contributed by atoms with van der Waals surface area (Å²) < 4.78 is 39.2. The van der Waals surface area contributed by atoms with Crippen molar-refractivity contribution in [1.29, 1.82) is 0 Å². The van der Waals surface area contributed by atoms with Gasteiger partial charge in [0.15, 0.2) is 6.29 Å². The van der Waals surface area contributed by atoms with Crippen molar-refractivity contribution in [3.05, 3.63) is 119 Å². The summed E-state index contributed by atoms with van der Waals surface area (Å²) in [6, 6.07) is 31.6. The molecule has 1 fully saturated rings. The summed E-state index contributed by atoms with van der Waals surface area (Å²) in [7, 11) is -1.85. The first-order valence-corrected chi connectivity index (χ1v) is 22.3. The highest BCUT2D eigenvalue weighted by Gasteiger charge is 2.50. The lowest BCUT2D eigenvalue weighted by atomic mass is 9.98. The third-order valence-electron chi connectivity index (χ3n) is 7.48. The summed E-state index contributed by atoms with van der Waals surface area (Å²) in [5.74, 6) is 0. The van der Waals surface area contributed by atoms with Gasteiger partial charge in [-0.1, -0.05) is 122 Å². The predicted molar refractivity (Wildman–Crippen MR) is 181 cm³/mol. The SMILES string of the molecule is CO[C@H]1O[C@H](COCc2ccccc2)[C@@H](OCc2ccccc2)[C@H](OCc2ccccc2)[C@@H]1O[Si](C)(C)/C=C/C[Si](C)(C)C. The van der Waals surface area contributed by atoms with E-state index in [4.69, 9.17) is 28.1 Å². The van der Waals surface area contributed by atoms with Crippen molar-refractivity contribution >= 4 is 16.4 Å². The third-order valence-corrected chi connectivity index (χ3v) is 10.9. The number of rotatable bonds is 16. The standard InChI is InChI=1S/C36H50O6Si2/c1-37-36-35(42-44(5,6)24-16-23-43(2,3)4)34(40-27-31-21-14-9-15-22-31)33(39-26-30-19-12-8-13-20-30)32(41-36)28-38-25-29-17-10-7-11-18-29/h7-22,24,32-36H,23,25-28H2,1-6H3/b24-16+/t32-,33-,34+,35+,36+/m1/s1. The molecule has 0 N–H and O–H groups in total. The van der Waals surface area contributed by atoms with Gasteiger partial charge in [0, 0.05) is 15.2 Å². The van der Waals surface area contributed by atoms with Crippen LogP contribution in [0.5, 0.6) is 0 Å². The van der Waals surface area contributed by atoms with Crippen LogP contribution in [0.2, 0.25) is 38.8 Å². The zero-order valence-electron chi connectivity index (χ0n) is 27.2.